The van der Waals surface area contributed by atoms with Gasteiger partial charge in [-0.05, 0) is 25.8 Å². The summed E-state index contributed by atoms with van der Waals surface area (Å²) in [6.07, 6.45) is 2.26. The standard InChI is InChI=1S/C12H14F4N2O2S/c13-8-6-9(14)11(16)12(10(8)15)21(19,20)18-5-3-7-2-1-4-17-7/h6-7,17-18H,1-5H2/t7-/m1/s1. The number of halogens is 4. The van der Waals surface area contributed by atoms with Crippen LogP contribution < -0.4 is 10.0 Å². The van der Waals surface area contributed by atoms with Crippen LogP contribution in [0.25, 0.3) is 0 Å². The van der Waals surface area contributed by atoms with Crippen LogP contribution in [0.3, 0.4) is 0 Å². The summed E-state index contributed by atoms with van der Waals surface area (Å²) in [5.41, 5.74) is 0. The van der Waals surface area contributed by atoms with Gasteiger partial charge in [-0.2, -0.15) is 0 Å². The molecule has 0 aromatic heterocycles. The van der Waals surface area contributed by atoms with Crippen molar-refractivity contribution in [1.82, 2.24) is 10.0 Å². The molecule has 2 rings (SSSR count). The average Bonchev–Trinajstić information content (AvgIpc) is 2.89. The van der Waals surface area contributed by atoms with Crippen molar-refractivity contribution in [2.24, 2.45) is 0 Å². The van der Waals surface area contributed by atoms with E-state index in [2.05, 4.69) is 5.32 Å². The molecule has 0 saturated carbocycles. The summed E-state index contributed by atoms with van der Waals surface area (Å²) in [5, 5.41) is 3.12. The molecule has 0 unspecified atom stereocenters. The van der Waals surface area contributed by atoms with Crippen LogP contribution in [0.1, 0.15) is 19.3 Å². The summed E-state index contributed by atoms with van der Waals surface area (Å²) >= 11 is 0. The van der Waals surface area contributed by atoms with Crippen LogP contribution >= 0.6 is 0 Å². The maximum Gasteiger partial charge on any atom is 0.246 e. The monoisotopic (exact) mass is 326 g/mol. The number of benzene rings is 1. The summed E-state index contributed by atoms with van der Waals surface area (Å²) in [5.74, 6) is -7.38. The Morgan fingerprint density at radius 3 is 2.33 bits per heavy atom. The Bertz CT molecular complexity index is 604. The molecule has 1 aliphatic heterocycles. The molecule has 1 saturated heterocycles. The summed E-state index contributed by atoms with van der Waals surface area (Å²) in [6.45, 7) is 0.743. The Morgan fingerprint density at radius 2 is 1.81 bits per heavy atom. The van der Waals surface area contributed by atoms with Crippen LogP contribution in [-0.2, 0) is 10.0 Å². The molecule has 9 heteroatoms. The number of rotatable bonds is 5. The highest BCUT2D eigenvalue weighted by Crippen LogP contribution is 2.23. The van der Waals surface area contributed by atoms with E-state index in [4.69, 9.17) is 0 Å². The van der Waals surface area contributed by atoms with Crippen molar-refractivity contribution in [2.45, 2.75) is 30.2 Å². The van der Waals surface area contributed by atoms with Gasteiger partial charge < -0.3 is 5.32 Å². The van der Waals surface area contributed by atoms with Gasteiger partial charge in [0, 0.05) is 18.7 Å². The zero-order valence-corrected chi connectivity index (χ0v) is 11.7. The van der Waals surface area contributed by atoms with E-state index < -0.39 is 38.2 Å². The third-order valence-corrected chi connectivity index (χ3v) is 4.77. The second kappa shape index (κ2) is 6.29. The van der Waals surface area contributed by atoms with E-state index in [1.165, 1.54) is 0 Å². The molecule has 0 amide bonds. The molecule has 1 aromatic carbocycles. The topological polar surface area (TPSA) is 58.2 Å². The molecule has 0 radical (unpaired) electrons. The zero-order valence-electron chi connectivity index (χ0n) is 10.9. The lowest BCUT2D eigenvalue weighted by Crippen LogP contribution is -2.32. The van der Waals surface area contributed by atoms with Gasteiger partial charge in [-0.3, -0.25) is 0 Å². The minimum Gasteiger partial charge on any atom is -0.314 e. The number of sulfonamides is 1. The third-order valence-electron chi connectivity index (χ3n) is 3.29. The Morgan fingerprint density at radius 1 is 1.19 bits per heavy atom. The minimum absolute atomic E-state index is 0.0356. The van der Waals surface area contributed by atoms with Crippen molar-refractivity contribution in [3.05, 3.63) is 29.3 Å². The lowest BCUT2D eigenvalue weighted by atomic mass is 10.2. The highest BCUT2D eigenvalue weighted by Gasteiger charge is 2.29. The molecule has 4 nitrogen and oxygen atoms in total. The van der Waals surface area contributed by atoms with Gasteiger partial charge in [0.2, 0.25) is 10.0 Å². The van der Waals surface area contributed by atoms with Crippen molar-refractivity contribution >= 4 is 10.0 Å². The highest BCUT2D eigenvalue weighted by molar-refractivity contribution is 7.89. The van der Waals surface area contributed by atoms with E-state index in [-0.39, 0.29) is 18.7 Å². The second-order valence-electron chi connectivity index (χ2n) is 4.78. The zero-order chi connectivity index (χ0) is 15.6. The van der Waals surface area contributed by atoms with Crippen molar-refractivity contribution < 1.29 is 26.0 Å². The molecular formula is C12H14F4N2O2S. The maximum atomic E-state index is 13.5. The Labute approximate surface area is 119 Å². The van der Waals surface area contributed by atoms with E-state index in [9.17, 15) is 26.0 Å². The van der Waals surface area contributed by atoms with E-state index in [1.807, 2.05) is 4.72 Å². The molecule has 1 aliphatic rings. The summed E-state index contributed by atoms with van der Waals surface area (Å²) in [6, 6.07) is 0.0817. The molecule has 1 heterocycles. The number of nitrogens with one attached hydrogen (secondary N) is 2. The lowest BCUT2D eigenvalue weighted by molar-refractivity contribution is 0.417. The first-order chi connectivity index (χ1) is 9.83. The van der Waals surface area contributed by atoms with Gasteiger partial charge in [0.1, 0.15) is 0 Å². The van der Waals surface area contributed by atoms with Gasteiger partial charge in [0.25, 0.3) is 0 Å². The van der Waals surface area contributed by atoms with Gasteiger partial charge in [0.15, 0.2) is 28.2 Å². The lowest BCUT2D eigenvalue weighted by Gasteiger charge is -2.12. The van der Waals surface area contributed by atoms with Crippen molar-refractivity contribution in [2.75, 3.05) is 13.1 Å². The fourth-order valence-electron chi connectivity index (χ4n) is 2.23. The van der Waals surface area contributed by atoms with E-state index >= 15 is 0 Å². The molecule has 1 aromatic rings. The first kappa shape index (κ1) is 16.2. The normalized spacial score (nSPS) is 19.1. The van der Waals surface area contributed by atoms with Crippen LogP contribution in [0, 0.1) is 23.3 Å². The van der Waals surface area contributed by atoms with E-state index in [1.54, 1.807) is 0 Å². The number of hydrogen-bond donors (Lipinski definition) is 2. The molecule has 0 bridgehead atoms. The Balaban J connectivity index is 2.15. The third kappa shape index (κ3) is 3.53. The molecule has 0 aliphatic carbocycles. The highest BCUT2D eigenvalue weighted by atomic mass is 32.2. The van der Waals surface area contributed by atoms with Crippen LogP contribution in [0.2, 0.25) is 0 Å². The molecular weight excluding hydrogens is 312 g/mol. The Hall–Kier alpha value is -1.19. The van der Waals surface area contributed by atoms with Crippen LogP contribution in [-0.4, -0.2) is 27.5 Å². The first-order valence-corrected chi connectivity index (χ1v) is 7.87. The Kier molecular flexibility index (Phi) is 4.84. The fraction of sp³-hybridized carbons (Fsp3) is 0.500. The predicted octanol–water partition coefficient (Wildman–Crippen LogP) is 1.66. The summed E-state index contributed by atoms with van der Waals surface area (Å²) in [7, 11) is -4.67. The van der Waals surface area contributed by atoms with Gasteiger partial charge in [-0.25, -0.2) is 30.7 Å². The molecule has 21 heavy (non-hydrogen) atoms. The van der Waals surface area contributed by atoms with Crippen molar-refractivity contribution in [3.63, 3.8) is 0 Å². The summed E-state index contributed by atoms with van der Waals surface area (Å²) in [4.78, 5) is -1.63. The maximum absolute atomic E-state index is 13.5. The average molecular weight is 326 g/mol. The summed E-state index contributed by atoms with van der Waals surface area (Å²) < 4.78 is 78.5. The largest absolute Gasteiger partial charge is 0.314 e. The van der Waals surface area contributed by atoms with E-state index in [0.29, 0.717) is 6.42 Å². The molecule has 118 valence electrons. The minimum atomic E-state index is -4.67. The van der Waals surface area contributed by atoms with Gasteiger partial charge in [-0.15, -0.1) is 0 Å². The van der Waals surface area contributed by atoms with Crippen molar-refractivity contribution in [1.29, 1.82) is 0 Å². The van der Waals surface area contributed by atoms with Crippen LogP contribution in [0.4, 0.5) is 17.6 Å². The quantitative estimate of drug-likeness (QED) is 0.639. The predicted molar refractivity (Wildman–Crippen MR) is 67.1 cm³/mol. The van der Waals surface area contributed by atoms with Gasteiger partial charge >= 0.3 is 0 Å². The smallest absolute Gasteiger partial charge is 0.246 e. The first-order valence-electron chi connectivity index (χ1n) is 6.39. The van der Waals surface area contributed by atoms with Crippen LogP contribution in [0.15, 0.2) is 11.0 Å². The molecule has 0 spiro atoms. The molecule has 2 N–H and O–H groups in total. The second-order valence-corrected chi connectivity index (χ2v) is 6.48. The molecule has 1 fully saturated rings. The van der Waals surface area contributed by atoms with E-state index in [0.717, 1.165) is 19.4 Å². The van der Waals surface area contributed by atoms with Gasteiger partial charge in [-0.1, -0.05) is 0 Å². The SMILES string of the molecule is O=S(=O)(NCC[C@H]1CCCN1)c1c(F)c(F)cc(F)c1F. The number of hydrogen-bond acceptors (Lipinski definition) is 3. The fourth-order valence-corrected chi connectivity index (χ4v) is 3.43. The van der Waals surface area contributed by atoms with Crippen molar-refractivity contribution in [3.8, 4) is 0 Å². The van der Waals surface area contributed by atoms with Gasteiger partial charge in [0.05, 0.1) is 0 Å². The van der Waals surface area contributed by atoms with Crippen LogP contribution in [0.5, 0.6) is 0 Å². The molecule has 1 atom stereocenters.